The van der Waals surface area contributed by atoms with Crippen molar-refractivity contribution < 1.29 is 23.4 Å². The average Bonchev–Trinajstić information content (AvgIpc) is 2.98. The lowest BCUT2D eigenvalue weighted by atomic mass is 10.1. The number of aliphatic hydroxyl groups excluding tert-OH is 1. The SMILES string of the molecule is CC(=Nc1ccc2c(c1)C(NC(=O)OC(C)(C)C)[C@H](O)C2)NCCc1ccc(F)c(F)c1. The molecule has 0 aliphatic heterocycles. The Balaban J connectivity index is 1.64. The van der Waals surface area contributed by atoms with E-state index in [4.69, 9.17) is 4.74 Å². The maximum absolute atomic E-state index is 13.3. The molecule has 1 aliphatic rings. The third-order valence-electron chi connectivity index (χ3n) is 5.03. The Hall–Kier alpha value is -3.00. The van der Waals surface area contributed by atoms with Gasteiger partial charge in [-0.3, -0.25) is 0 Å². The number of carbonyl (C=O) groups excluding carboxylic acids is 1. The molecule has 2 aromatic rings. The third kappa shape index (κ3) is 6.26. The van der Waals surface area contributed by atoms with Gasteiger partial charge < -0.3 is 20.5 Å². The van der Waals surface area contributed by atoms with Gasteiger partial charge in [-0.15, -0.1) is 0 Å². The zero-order valence-electron chi connectivity index (χ0n) is 18.7. The summed E-state index contributed by atoms with van der Waals surface area (Å²) in [7, 11) is 0. The van der Waals surface area contributed by atoms with E-state index in [-0.39, 0.29) is 0 Å². The molecule has 1 aliphatic carbocycles. The first-order valence-electron chi connectivity index (χ1n) is 10.6. The van der Waals surface area contributed by atoms with E-state index in [0.29, 0.717) is 36.5 Å². The Morgan fingerprint density at radius 2 is 1.94 bits per heavy atom. The number of ether oxygens (including phenoxy) is 1. The number of amides is 1. The number of carbonyl (C=O) groups is 1. The fourth-order valence-corrected chi connectivity index (χ4v) is 3.60. The van der Waals surface area contributed by atoms with Crippen LogP contribution in [0.2, 0.25) is 0 Å². The summed E-state index contributed by atoms with van der Waals surface area (Å²) in [5, 5.41) is 16.3. The lowest BCUT2D eigenvalue weighted by Gasteiger charge is -2.23. The van der Waals surface area contributed by atoms with Crippen LogP contribution in [-0.4, -0.2) is 35.3 Å². The molecule has 0 spiro atoms. The summed E-state index contributed by atoms with van der Waals surface area (Å²) in [6.45, 7) is 7.65. The quantitative estimate of drug-likeness (QED) is 0.473. The zero-order valence-corrected chi connectivity index (χ0v) is 18.7. The van der Waals surface area contributed by atoms with E-state index < -0.39 is 35.5 Å². The summed E-state index contributed by atoms with van der Waals surface area (Å²) in [4.78, 5) is 16.7. The number of alkyl carbamates (subject to hydrolysis) is 1. The van der Waals surface area contributed by atoms with Gasteiger partial charge in [0.1, 0.15) is 5.60 Å². The van der Waals surface area contributed by atoms with Crippen LogP contribution in [-0.2, 0) is 17.6 Å². The number of nitrogens with one attached hydrogen (secondary N) is 2. The van der Waals surface area contributed by atoms with Crippen LogP contribution in [0.5, 0.6) is 0 Å². The molecule has 0 heterocycles. The molecule has 1 unspecified atom stereocenters. The summed E-state index contributed by atoms with van der Waals surface area (Å²) in [5.74, 6) is -1.06. The monoisotopic (exact) mass is 445 g/mol. The first-order chi connectivity index (χ1) is 15.0. The number of aliphatic hydroxyl groups is 1. The number of aliphatic imine (C=N–C) groups is 1. The van der Waals surface area contributed by atoms with Crippen molar-refractivity contribution in [2.24, 2.45) is 4.99 Å². The second-order valence-electron chi connectivity index (χ2n) is 8.90. The lowest BCUT2D eigenvalue weighted by molar-refractivity contribution is 0.0438. The molecule has 8 heteroatoms. The Bertz CT molecular complexity index is 1020. The van der Waals surface area contributed by atoms with Crippen LogP contribution in [0.15, 0.2) is 41.4 Å². The number of nitrogens with zero attached hydrogens (tertiary/aromatic N) is 1. The Labute approximate surface area is 186 Å². The van der Waals surface area contributed by atoms with Gasteiger partial charge in [0.2, 0.25) is 0 Å². The Morgan fingerprint density at radius 1 is 1.19 bits per heavy atom. The van der Waals surface area contributed by atoms with Crippen molar-refractivity contribution in [3.8, 4) is 0 Å². The predicted octanol–water partition coefficient (Wildman–Crippen LogP) is 4.33. The second kappa shape index (κ2) is 9.65. The molecule has 0 fully saturated rings. The summed E-state index contributed by atoms with van der Waals surface area (Å²) in [5.41, 5.74) is 2.48. The van der Waals surface area contributed by atoms with Gasteiger partial charge in [0, 0.05) is 13.0 Å². The minimum absolute atomic E-state index is 0.436. The van der Waals surface area contributed by atoms with Crippen molar-refractivity contribution >= 4 is 17.6 Å². The van der Waals surface area contributed by atoms with Crippen molar-refractivity contribution in [2.75, 3.05) is 6.54 Å². The van der Waals surface area contributed by atoms with E-state index >= 15 is 0 Å². The van der Waals surface area contributed by atoms with Crippen LogP contribution in [0.25, 0.3) is 0 Å². The molecule has 6 nitrogen and oxygen atoms in total. The summed E-state index contributed by atoms with van der Waals surface area (Å²) in [6.07, 6.45) is -0.376. The molecule has 0 radical (unpaired) electrons. The lowest BCUT2D eigenvalue weighted by Crippen LogP contribution is -2.38. The highest BCUT2D eigenvalue weighted by Gasteiger charge is 2.33. The van der Waals surface area contributed by atoms with Crippen LogP contribution >= 0.6 is 0 Å². The van der Waals surface area contributed by atoms with Crippen molar-refractivity contribution in [3.05, 3.63) is 64.7 Å². The molecule has 0 saturated heterocycles. The van der Waals surface area contributed by atoms with Crippen molar-refractivity contribution in [3.63, 3.8) is 0 Å². The molecular weight excluding hydrogens is 416 g/mol. The number of benzene rings is 2. The van der Waals surface area contributed by atoms with Crippen molar-refractivity contribution in [1.29, 1.82) is 0 Å². The number of amidine groups is 1. The molecule has 172 valence electrons. The average molecular weight is 446 g/mol. The van der Waals surface area contributed by atoms with E-state index in [1.54, 1.807) is 26.8 Å². The minimum Gasteiger partial charge on any atom is -0.444 e. The molecule has 0 bridgehead atoms. The van der Waals surface area contributed by atoms with Gasteiger partial charge in [-0.2, -0.15) is 0 Å². The molecular formula is C24H29F2N3O3. The summed E-state index contributed by atoms with van der Waals surface area (Å²) in [6, 6.07) is 8.87. The van der Waals surface area contributed by atoms with E-state index in [1.165, 1.54) is 6.07 Å². The maximum atomic E-state index is 13.3. The number of hydrogen-bond donors (Lipinski definition) is 3. The van der Waals surface area contributed by atoms with E-state index in [2.05, 4.69) is 15.6 Å². The molecule has 0 aromatic heterocycles. The molecule has 2 aromatic carbocycles. The maximum Gasteiger partial charge on any atom is 0.408 e. The predicted molar refractivity (Wildman–Crippen MR) is 119 cm³/mol. The van der Waals surface area contributed by atoms with Crippen LogP contribution in [0.3, 0.4) is 0 Å². The van der Waals surface area contributed by atoms with Gasteiger partial charge in [0.25, 0.3) is 0 Å². The highest BCUT2D eigenvalue weighted by atomic mass is 19.2. The number of hydrogen-bond acceptors (Lipinski definition) is 4. The third-order valence-corrected chi connectivity index (χ3v) is 5.03. The smallest absolute Gasteiger partial charge is 0.408 e. The van der Waals surface area contributed by atoms with Gasteiger partial charge in [0.15, 0.2) is 11.6 Å². The minimum atomic E-state index is -0.861. The Morgan fingerprint density at radius 3 is 2.62 bits per heavy atom. The first-order valence-corrected chi connectivity index (χ1v) is 10.6. The second-order valence-corrected chi connectivity index (χ2v) is 8.90. The fraction of sp³-hybridized carbons (Fsp3) is 0.417. The molecule has 0 saturated carbocycles. The van der Waals surface area contributed by atoms with Gasteiger partial charge in [-0.1, -0.05) is 12.1 Å². The molecule has 3 N–H and O–H groups in total. The number of fused-ring (bicyclic) bond motifs is 1. The summed E-state index contributed by atoms with van der Waals surface area (Å²) >= 11 is 0. The summed E-state index contributed by atoms with van der Waals surface area (Å²) < 4.78 is 31.6. The van der Waals surface area contributed by atoms with Gasteiger partial charge in [0.05, 0.1) is 23.7 Å². The van der Waals surface area contributed by atoms with Crippen LogP contribution in [0, 0.1) is 11.6 Å². The van der Waals surface area contributed by atoms with E-state index in [1.807, 2.05) is 25.1 Å². The van der Waals surface area contributed by atoms with Crippen molar-refractivity contribution in [1.82, 2.24) is 10.6 Å². The standard InChI is InChI=1S/C24H29F2N3O3/c1-14(27-10-9-15-5-8-19(25)20(26)11-15)28-17-7-6-16-12-21(30)22(18(16)13-17)29-23(31)32-24(2,3)4/h5-8,11,13,21-22,30H,9-10,12H2,1-4H3,(H,27,28)(H,29,31)/t21-,22?/m1/s1. The first kappa shape index (κ1) is 23.7. The molecule has 3 rings (SSSR count). The van der Waals surface area contributed by atoms with Crippen LogP contribution < -0.4 is 10.6 Å². The van der Waals surface area contributed by atoms with E-state index in [0.717, 1.165) is 17.2 Å². The van der Waals surface area contributed by atoms with Crippen molar-refractivity contribution in [2.45, 2.75) is 58.3 Å². The Kier molecular flexibility index (Phi) is 7.13. The highest BCUT2D eigenvalue weighted by Crippen LogP contribution is 2.34. The number of halogens is 2. The van der Waals surface area contributed by atoms with Gasteiger partial charge in [-0.25, -0.2) is 18.6 Å². The van der Waals surface area contributed by atoms with Gasteiger partial charge in [-0.05, 0) is 75.1 Å². The van der Waals surface area contributed by atoms with Crippen LogP contribution in [0.1, 0.15) is 50.4 Å². The van der Waals surface area contributed by atoms with Crippen LogP contribution in [0.4, 0.5) is 19.3 Å². The molecule has 2 atom stereocenters. The van der Waals surface area contributed by atoms with E-state index in [9.17, 15) is 18.7 Å². The highest BCUT2D eigenvalue weighted by molar-refractivity contribution is 5.82. The largest absolute Gasteiger partial charge is 0.444 e. The fourth-order valence-electron chi connectivity index (χ4n) is 3.60. The normalized spacial score (nSPS) is 18.3. The topological polar surface area (TPSA) is 83.0 Å². The molecule has 1 amide bonds. The molecule has 32 heavy (non-hydrogen) atoms. The zero-order chi connectivity index (χ0) is 23.5. The number of rotatable bonds is 5. The van der Waals surface area contributed by atoms with Gasteiger partial charge >= 0.3 is 6.09 Å².